The van der Waals surface area contributed by atoms with E-state index >= 15 is 0 Å². The van der Waals surface area contributed by atoms with Gasteiger partial charge in [0.15, 0.2) is 4.77 Å². The highest BCUT2D eigenvalue weighted by molar-refractivity contribution is 7.71. The Morgan fingerprint density at radius 2 is 2.11 bits per heavy atom. The SMILES string of the molecule is C=CCn1c(O)c(C=C(CC)CC)c(=O)[nH]c1=S. The normalized spacial score (nSPS) is 10.1. The van der Waals surface area contributed by atoms with E-state index in [1.54, 1.807) is 12.2 Å². The lowest BCUT2D eigenvalue weighted by Crippen LogP contribution is -2.16. The van der Waals surface area contributed by atoms with Crippen LogP contribution in [-0.2, 0) is 6.54 Å². The second-order valence-electron chi connectivity index (χ2n) is 3.91. The van der Waals surface area contributed by atoms with Gasteiger partial charge in [-0.3, -0.25) is 14.3 Å². The summed E-state index contributed by atoms with van der Waals surface area (Å²) in [5.74, 6) is -0.108. The lowest BCUT2D eigenvalue weighted by molar-refractivity contribution is 0.412. The maximum Gasteiger partial charge on any atom is 0.262 e. The molecule has 0 aliphatic rings. The van der Waals surface area contributed by atoms with Crippen molar-refractivity contribution in [2.24, 2.45) is 0 Å². The Morgan fingerprint density at radius 3 is 2.61 bits per heavy atom. The third-order valence-electron chi connectivity index (χ3n) is 2.78. The first-order valence-electron chi connectivity index (χ1n) is 5.91. The summed E-state index contributed by atoms with van der Waals surface area (Å²) < 4.78 is 1.64. The van der Waals surface area contributed by atoms with Gasteiger partial charge in [0.1, 0.15) is 0 Å². The number of allylic oxidation sites excluding steroid dienone is 2. The average Bonchev–Trinajstić information content (AvgIpc) is 2.35. The molecule has 18 heavy (non-hydrogen) atoms. The molecule has 1 aromatic heterocycles. The number of rotatable bonds is 5. The number of H-pyrrole nitrogens is 1. The number of hydrogen-bond donors (Lipinski definition) is 2. The van der Waals surface area contributed by atoms with Crippen LogP contribution in [-0.4, -0.2) is 14.7 Å². The zero-order valence-electron chi connectivity index (χ0n) is 10.7. The molecule has 4 nitrogen and oxygen atoms in total. The molecular formula is C13H18N2O2S. The fourth-order valence-corrected chi connectivity index (χ4v) is 1.92. The fourth-order valence-electron chi connectivity index (χ4n) is 1.66. The summed E-state index contributed by atoms with van der Waals surface area (Å²) in [6.45, 7) is 7.98. The van der Waals surface area contributed by atoms with Gasteiger partial charge >= 0.3 is 0 Å². The minimum absolute atomic E-state index is 0.108. The number of nitrogens with one attached hydrogen (secondary N) is 1. The van der Waals surface area contributed by atoms with E-state index in [0.717, 1.165) is 18.4 Å². The fraction of sp³-hybridized carbons (Fsp3) is 0.385. The Kier molecular flexibility index (Phi) is 5.09. The smallest absolute Gasteiger partial charge is 0.262 e. The lowest BCUT2D eigenvalue weighted by atomic mass is 10.1. The predicted molar refractivity (Wildman–Crippen MR) is 76.3 cm³/mol. The maximum absolute atomic E-state index is 11.8. The maximum atomic E-state index is 11.8. The van der Waals surface area contributed by atoms with Crippen molar-refractivity contribution in [3.05, 3.63) is 38.9 Å². The molecule has 0 saturated heterocycles. The van der Waals surface area contributed by atoms with E-state index in [4.69, 9.17) is 12.2 Å². The van der Waals surface area contributed by atoms with E-state index in [1.807, 2.05) is 13.8 Å². The van der Waals surface area contributed by atoms with Crippen molar-refractivity contribution in [3.63, 3.8) is 0 Å². The number of hydrogen-bond acceptors (Lipinski definition) is 3. The van der Waals surface area contributed by atoms with Crippen LogP contribution >= 0.6 is 12.2 Å². The van der Waals surface area contributed by atoms with E-state index in [1.165, 1.54) is 4.57 Å². The first-order valence-corrected chi connectivity index (χ1v) is 6.32. The Bertz CT molecular complexity index is 576. The highest BCUT2D eigenvalue weighted by atomic mass is 32.1. The molecule has 1 heterocycles. The molecular weight excluding hydrogens is 248 g/mol. The van der Waals surface area contributed by atoms with Crippen LogP contribution in [0.2, 0.25) is 0 Å². The molecule has 0 saturated carbocycles. The molecule has 0 aliphatic heterocycles. The molecule has 0 aromatic carbocycles. The van der Waals surface area contributed by atoms with Gasteiger partial charge in [-0.15, -0.1) is 6.58 Å². The Hall–Kier alpha value is -1.62. The van der Waals surface area contributed by atoms with Crippen molar-refractivity contribution in [1.82, 2.24) is 9.55 Å². The quantitative estimate of drug-likeness (QED) is 0.636. The Balaban J connectivity index is 3.50. The highest BCUT2D eigenvalue weighted by Crippen LogP contribution is 2.18. The van der Waals surface area contributed by atoms with Crippen LogP contribution in [0.25, 0.3) is 6.08 Å². The third kappa shape index (κ3) is 2.98. The van der Waals surface area contributed by atoms with E-state index in [-0.39, 0.29) is 21.8 Å². The molecule has 1 rings (SSSR count). The molecule has 0 radical (unpaired) electrons. The van der Waals surface area contributed by atoms with Crippen molar-refractivity contribution >= 4 is 18.3 Å². The van der Waals surface area contributed by atoms with Gasteiger partial charge in [-0.25, -0.2) is 0 Å². The second kappa shape index (κ2) is 6.35. The number of aromatic hydroxyl groups is 1. The van der Waals surface area contributed by atoms with Crippen molar-refractivity contribution in [3.8, 4) is 5.88 Å². The van der Waals surface area contributed by atoms with Gasteiger partial charge in [0.2, 0.25) is 5.88 Å². The highest BCUT2D eigenvalue weighted by Gasteiger charge is 2.10. The lowest BCUT2D eigenvalue weighted by Gasteiger charge is -2.09. The monoisotopic (exact) mass is 266 g/mol. The second-order valence-corrected chi connectivity index (χ2v) is 4.29. The molecule has 0 unspecified atom stereocenters. The summed E-state index contributed by atoms with van der Waals surface area (Å²) in [4.78, 5) is 14.4. The Morgan fingerprint density at radius 1 is 1.50 bits per heavy atom. The largest absolute Gasteiger partial charge is 0.494 e. The van der Waals surface area contributed by atoms with Crippen molar-refractivity contribution in [2.45, 2.75) is 33.2 Å². The molecule has 2 N–H and O–H groups in total. The number of aromatic nitrogens is 2. The van der Waals surface area contributed by atoms with E-state index < -0.39 is 0 Å². The molecule has 0 fully saturated rings. The van der Waals surface area contributed by atoms with Gasteiger partial charge in [0, 0.05) is 6.54 Å². The van der Waals surface area contributed by atoms with E-state index in [9.17, 15) is 9.90 Å². The van der Waals surface area contributed by atoms with Crippen LogP contribution < -0.4 is 5.56 Å². The molecule has 0 spiro atoms. The zero-order valence-corrected chi connectivity index (χ0v) is 11.5. The summed E-state index contributed by atoms with van der Waals surface area (Å²) in [7, 11) is 0. The van der Waals surface area contributed by atoms with Crippen LogP contribution in [0.3, 0.4) is 0 Å². The molecule has 5 heteroatoms. The number of nitrogens with zero attached hydrogens (tertiary/aromatic N) is 1. The van der Waals surface area contributed by atoms with Crippen LogP contribution in [0.5, 0.6) is 5.88 Å². The summed E-state index contributed by atoms with van der Waals surface area (Å²) in [6.07, 6.45) is 5.02. The van der Waals surface area contributed by atoms with Gasteiger partial charge < -0.3 is 5.11 Å². The van der Waals surface area contributed by atoms with Crippen LogP contribution in [0, 0.1) is 4.77 Å². The molecule has 0 atom stereocenters. The van der Waals surface area contributed by atoms with Crippen molar-refractivity contribution in [2.75, 3.05) is 0 Å². The topological polar surface area (TPSA) is 58.0 Å². The minimum atomic E-state index is -0.364. The first-order chi connectivity index (χ1) is 8.54. The Labute approximate surface area is 111 Å². The van der Waals surface area contributed by atoms with Crippen LogP contribution in [0.15, 0.2) is 23.0 Å². The minimum Gasteiger partial charge on any atom is -0.494 e. The molecule has 1 aromatic rings. The average molecular weight is 266 g/mol. The first kappa shape index (κ1) is 14.4. The van der Waals surface area contributed by atoms with Gasteiger partial charge in [-0.1, -0.05) is 25.5 Å². The predicted octanol–water partition coefficient (Wildman–Crippen LogP) is 3.00. The van der Waals surface area contributed by atoms with Crippen LogP contribution in [0.1, 0.15) is 32.3 Å². The van der Waals surface area contributed by atoms with Gasteiger partial charge in [-0.2, -0.15) is 0 Å². The molecule has 0 amide bonds. The van der Waals surface area contributed by atoms with Crippen LogP contribution in [0.4, 0.5) is 0 Å². The number of aromatic amines is 1. The van der Waals surface area contributed by atoms with Gasteiger partial charge in [0.05, 0.1) is 5.56 Å². The standard InChI is InChI=1S/C13H18N2O2S/c1-4-7-15-12(17)10(8-9(5-2)6-3)11(16)14-13(15)18/h4,8,17H,1,5-7H2,2-3H3,(H,14,16,18). The summed E-state index contributed by atoms with van der Waals surface area (Å²) >= 11 is 5.00. The molecule has 0 aliphatic carbocycles. The van der Waals surface area contributed by atoms with E-state index in [2.05, 4.69) is 11.6 Å². The van der Waals surface area contributed by atoms with Gasteiger partial charge in [-0.05, 0) is 31.1 Å². The molecule has 0 bridgehead atoms. The molecule has 98 valence electrons. The van der Waals surface area contributed by atoms with Crippen molar-refractivity contribution in [1.29, 1.82) is 0 Å². The van der Waals surface area contributed by atoms with Gasteiger partial charge in [0.25, 0.3) is 5.56 Å². The summed E-state index contributed by atoms with van der Waals surface area (Å²) in [5.41, 5.74) is 0.986. The third-order valence-corrected chi connectivity index (χ3v) is 3.10. The van der Waals surface area contributed by atoms with E-state index in [0.29, 0.717) is 6.54 Å². The van der Waals surface area contributed by atoms with Crippen molar-refractivity contribution < 1.29 is 5.11 Å². The zero-order chi connectivity index (χ0) is 13.7. The summed E-state index contributed by atoms with van der Waals surface area (Å²) in [6, 6.07) is 0. The summed E-state index contributed by atoms with van der Waals surface area (Å²) in [5, 5.41) is 10.1.